The Morgan fingerprint density at radius 3 is 1.43 bits per heavy atom. The van der Waals surface area contributed by atoms with Gasteiger partial charge >= 0.3 is 23.9 Å². The molecule has 12 nitrogen and oxygen atoms in total. The van der Waals surface area contributed by atoms with Crippen molar-refractivity contribution in [3.63, 3.8) is 0 Å². The van der Waals surface area contributed by atoms with Gasteiger partial charge in [-0.05, 0) is 103 Å². The number of aromatic nitrogens is 4. The molecule has 390 valence electrons. The molecule has 13 rings (SSSR count). The fourth-order valence-corrected chi connectivity index (χ4v) is 13.3. The maximum atomic E-state index is 13.4. The van der Waals surface area contributed by atoms with Crippen molar-refractivity contribution in [2.45, 2.75) is 129 Å². The number of aromatic carboxylic acids is 1. The van der Waals surface area contributed by atoms with Crippen molar-refractivity contribution in [2.75, 3.05) is 14.2 Å². The fraction of sp³-hybridized carbons (Fsp3) is 0.344. The number of carboxylic acid groups (broad SMARTS) is 1. The SMILES string of the molecule is C.COC(=O)c1ccc2c(C3CCCCC3)c3n(c2c1)CCCn1c(C(=O)O)cc2cccc-3c21.COC(=O)c1ccc2c(C3CCCCC3)c3n(c2c1)CCCn1c(C(=O)OCc2ccccc2)cc2cccc-3c21. The van der Waals surface area contributed by atoms with Crippen LogP contribution >= 0.6 is 0 Å². The molecular formula is C64H66N4O8. The van der Waals surface area contributed by atoms with Crippen molar-refractivity contribution in [3.05, 3.63) is 154 Å². The number of fused-ring (bicyclic) bond motifs is 8. The highest BCUT2D eigenvalue weighted by Gasteiger charge is 2.33. The Hall–Kier alpha value is -7.86. The third kappa shape index (κ3) is 8.75. The Bertz CT molecular complexity index is 3710. The third-order valence-electron chi connectivity index (χ3n) is 16.6. The zero-order valence-electron chi connectivity index (χ0n) is 42.7. The summed E-state index contributed by atoms with van der Waals surface area (Å²) in [7, 11) is 2.85. The van der Waals surface area contributed by atoms with Crippen LogP contribution in [0.4, 0.5) is 0 Å². The van der Waals surface area contributed by atoms with Gasteiger partial charge in [0.15, 0.2) is 0 Å². The largest absolute Gasteiger partial charge is 0.477 e. The first kappa shape index (κ1) is 50.3. The molecule has 2 aliphatic carbocycles. The van der Waals surface area contributed by atoms with Gasteiger partial charge in [0.05, 0.1) is 47.8 Å². The number of methoxy groups -OCH3 is 2. The number of hydrogen-bond donors (Lipinski definition) is 1. The first-order valence-electron chi connectivity index (χ1n) is 26.9. The molecule has 2 aliphatic heterocycles. The molecule has 2 fully saturated rings. The van der Waals surface area contributed by atoms with Crippen molar-refractivity contribution >= 4 is 67.5 Å². The van der Waals surface area contributed by atoms with Crippen LogP contribution in [0.5, 0.6) is 0 Å². The number of rotatable bonds is 8. The molecule has 0 saturated heterocycles. The van der Waals surface area contributed by atoms with E-state index in [0.29, 0.717) is 47.4 Å². The Morgan fingerprint density at radius 1 is 0.500 bits per heavy atom. The molecule has 12 heteroatoms. The standard InChI is InChI=1S/C35H34N2O4.C28H28N2O4.CH4/c1-40-34(38)26-16-17-27-29(21-26)36-18-9-19-37-30(35(39)41-22-23-10-4-2-5-11-23)20-25-14-8-15-28(32(25)37)33(36)31(27)24-12-6-3-7-13-24;1-34-28(33)19-11-12-20-22(16-19)29-13-6-14-30-23(27(31)32)15-18-9-5-10-21(25(18)30)26(29)24(20)17-7-3-2-4-8-17;/h2,4-5,8,10-11,14-17,20-21,24H,3,6-7,9,12-13,18-19,22H2,1H3;5,9-12,15-17H,2-4,6-8,13-14H2,1H3,(H,31,32);1H4. The predicted molar refractivity (Wildman–Crippen MR) is 299 cm³/mol. The fourth-order valence-electron chi connectivity index (χ4n) is 13.3. The van der Waals surface area contributed by atoms with Crippen LogP contribution < -0.4 is 0 Å². The third-order valence-corrected chi connectivity index (χ3v) is 16.6. The summed E-state index contributed by atoms with van der Waals surface area (Å²) in [5, 5.41) is 14.3. The van der Waals surface area contributed by atoms with E-state index in [1.807, 2.05) is 77.4 Å². The Morgan fingerprint density at radius 2 is 0.961 bits per heavy atom. The molecule has 0 bridgehead atoms. The molecule has 5 aromatic carbocycles. The second-order valence-corrected chi connectivity index (χ2v) is 20.9. The molecular weight excluding hydrogens is 953 g/mol. The van der Waals surface area contributed by atoms with Crippen molar-refractivity contribution in [1.82, 2.24) is 18.3 Å². The van der Waals surface area contributed by atoms with Crippen LogP contribution in [0.15, 0.2) is 115 Å². The molecule has 1 N–H and O–H groups in total. The summed E-state index contributed by atoms with van der Waals surface area (Å²) in [6.07, 6.45) is 13.8. The van der Waals surface area contributed by atoms with Gasteiger partial charge in [-0.3, -0.25) is 0 Å². The molecule has 0 spiro atoms. The Balaban J connectivity index is 0.000000163. The number of ether oxygens (including phenoxy) is 3. The number of hydrogen-bond acceptors (Lipinski definition) is 7. The van der Waals surface area contributed by atoms with E-state index in [0.717, 1.165) is 88.3 Å². The van der Waals surface area contributed by atoms with E-state index in [-0.39, 0.29) is 31.9 Å². The zero-order valence-corrected chi connectivity index (χ0v) is 42.7. The normalized spacial score (nSPS) is 15.6. The number of carbonyl (C=O) groups excluding carboxylic acids is 3. The highest BCUT2D eigenvalue weighted by molar-refractivity contribution is 6.07. The molecule has 0 amide bonds. The molecule has 4 aromatic heterocycles. The molecule has 2 saturated carbocycles. The number of nitrogens with zero attached hydrogens (tertiary/aromatic N) is 4. The summed E-state index contributed by atoms with van der Waals surface area (Å²) in [4.78, 5) is 50.3. The molecule has 6 heterocycles. The van der Waals surface area contributed by atoms with Gasteiger partial charge in [-0.2, -0.15) is 0 Å². The smallest absolute Gasteiger partial charge is 0.355 e. The maximum absolute atomic E-state index is 13.4. The van der Waals surface area contributed by atoms with Gasteiger partial charge in [-0.15, -0.1) is 0 Å². The highest BCUT2D eigenvalue weighted by atomic mass is 16.5. The number of para-hydroxylation sites is 2. The minimum absolute atomic E-state index is 0. The average Bonchev–Trinajstić information content (AvgIpc) is 4.30. The van der Waals surface area contributed by atoms with Gasteiger partial charge in [0, 0.05) is 69.9 Å². The molecule has 0 unspecified atom stereocenters. The number of carboxylic acids is 1. The van der Waals surface area contributed by atoms with Crippen LogP contribution in [0.2, 0.25) is 0 Å². The van der Waals surface area contributed by atoms with E-state index < -0.39 is 5.97 Å². The van der Waals surface area contributed by atoms with Crippen LogP contribution in [-0.2, 0) is 47.0 Å². The van der Waals surface area contributed by atoms with E-state index in [4.69, 9.17) is 14.2 Å². The van der Waals surface area contributed by atoms with Crippen LogP contribution in [-0.4, -0.2) is 61.5 Å². The summed E-state index contributed by atoms with van der Waals surface area (Å²) in [5.41, 5.74) is 14.6. The average molecular weight is 1020 g/mol. The molecule has 4 aliphatic rings. The number of benzene rings is 5. The zero-order chi connectivity index (χ0) is 51.3. The minimum Gasteiger partial charge on any atom is -0.477 e. The van der Waals surface area contributed by atoms with Crippen LogP contribution in [0, 0.1) is 0 Å². The topological polar surface area (TPSA) is 136 Å². The van der Waals surface area contributed by atoms with E-state index in [1.165, 1.54) is 98.9 Å². The van der Waals surface area contributed by atoms with Crippen LogP contribution in [0.25, 0.3) is 66.1 Å². The highest BCUT2D eigenvalue weighted by Crippen LogP contribution is 2.49. The number of carbonyl (C=O) groups is 4. The lowest BCUT2D eigenvalue weighted by atomic mass is 9.81. The minimum atomic E-state index is -0.890. The van der Waals surface area contributed by atoms with Crippen LogP contribution in [0.1, 0.15) is 155 Å². The van der Waals surface area contributed by atoms with E-state index in [9.17, 15) is 24.3 Å². The summed E-state index contributed by atoms with van der Waals surface area (Å²) in [6.45, 7) is 3.13. The van der Waals surface area contributed by atoms with E-state index in [1.54, 1.807) is 6.07 Å². The monoisotopic (exact) mass is 1020 g/mol. The summed E-state index contributed by atoms with van der Waals surface area (Å²) < 4.78 is 24.8. The Kier molecular flexibility index (Phi) is 13.9. The quantitative estimate of drug-likeness (QED) is 0.117. The Labute approximate surface area is 442 Å². The second-order valence-electron chi connectivity index (χ2n) is 20.9. The first-order valence-corrected chi connectivity index (χ1v) is 26.9. The number of aryl methyl sites for hydroxylation is 4. The van der Waals surface area contributed by atoms with Crippen molar-refractivity contribution in [3.8, 4) is 22.5 Å². The number of esters is 3. The van der Waals surface area contributed by atoms with Gasteiger partial charge in [0.2, 0.25) is 0 Å². The lowest BCUT2D eigenvalue weighted by Gasteiger charge is -2.25. The predicted octanol–water partition coefficient (Wildman–Crippen LogP) is 14.7. The summed E-state index contributed by atoms with van der Waals surface area (Å²) in [5.74, 6) is -0.925. The molecule has 0 atom stereocenters. The van der Waals surface area contributed by atoms with Crippen molar-refractivity contribution in [2.24, 2.45) is 0 Å². The lowest BCUT2D eigenvalue weighted by molar-refractivity contribution is 0.0459. The van der Waals surface area contributed by atoms with Gasteiger partial charge in [0.1, 0.15) is 18.0 Å². The van der Waals surface area contributed by atoms with Crippen LogP contribution in [0.3, 0.4) is 0 Å². The summed E-state index contributed by atoms with van der Waals surface area (Å²) >= 11 is 0. The van der Waals surface area contributed by atoms with E-state index >= 15 is 0 Å². The van der Waals surface area contributed by atoms with Crippen molar-refractivity contribution in [1.29, 1.82) is 0 Å². The van der Waals surface area contributed by atoms with Gasteiger partial charge in [-0.1, -0.05) is 125 Å². The van der Waals surface area contributed by atoms with Gasteiger partial charge < -0.3 is 37.6 Å². The first-order chi connectivity index (χ1) is 36.7. The second kappa shape index (κ2) is 21.0. The maximum Gasteiger partial charge on any atom is 0.355 e. The molecule has 76 heavy (non-hydrogen) atoms. The lowest BCUT2D eigenvalue weighted by Crippen LogP contribution is -2.16. The van der Waals surface area contributed by atoms with Gasteiger partial charge in [0.25, 0.3) is 0 Å². The molecule has 9 aromatic rings. The summed E-state index contributed by atoms with van der Waals surface area (Å²) in [6, 6.07) is 38.1. The van der Waals surface area contributed by atoms with Gasteiger partial charge in [-0.25, -0.2) is 19.2 Å². The molecule has 0 radical (unpaired) electrons. The van der Waals surface area contributed by atoms with Crippen molar-refractivity contribution < 1.29 is 38.5 Å². The van der Waals surface area contributed by atoms with E-state index in [2.05, 4.69) is 50.1 Å².